The molecule has 0 saturated carbocycles. The normalized spacial score (nSPS) is 18.9. The Kier molecular flexibility index (Phi) is 11.2. The van der Waals surface area contributed by atoms with E-state index in [1.165, 1.54) is 9.75 Å². The van der Waals surface area contributed by atoms with Gasteiger partial charge in [-0.05, 0) is 38.9 Å². The molecule has 2 atom stereocenters. The number of guanidine groups is 1. The van der Waals surface area contributed by atoms with Crippen molar-refractivity contribution in [2.75, 3.05) is 46.8 Å². The van der Waals surface area contributed by atoms with Crippen LogP contribution in [-0.4, -0.2) is 74.7 Å². The monoisotopic (exact) mass is 507 g/mol. The fraction of sp³-hybridized carbons (Fsp3) is 0.750. The first-order chi connectivity index (χ1) is 12.4. The molecule has 1 saturated heterocycles. The summed E-state index contributed by atoms with van der Waals surface area (Å²) < 4.78 is 0. The van der Waals surface area contributed by atoms with E-state index < -0.39 is 0 Å². The SMILES string of the molecule is CN=C(NCC(C(C)C)N1CCN(C)CC1)NC(C)Cc1ccc(C)s1.I. The maximum Gasteiger partial charge on any atom is 0.191 e. The van der Waals surface area contributed by atoms with Crippen LogP contribution >= 0.6 is 35.3 Å². The van der Waals surface area contributed by atoms with Gasteiger partial charge in [0, 0.05) is 68.0 Å². The van der Waals surface area contributed by atoms with Crippen LogP contribution < -0.4 is 10.6 Å². The number of thiophene rings is 1. The van der Waals surface area contributed by atoms with E-state index in [9.17, 15) is 0 Å². The van der Waals surface area contributed by atoms with Crippen molar-refractivity contribution in [3.8, 4) is 0 Å². The molecule has 2 rings (SSSR count). The Labute approximate surface area is 187 Å². The van der Waals surface area contributed by atoms with E-state index in [-0.39, 0.29) is 24.0 Å². The first-order valence-corrected chi connectivity index (χ1v) is 10.7. The van der Waals surface area contributed by atoms with Gasteiger partial charge >= 0.3 is 0 Å². The van der Waals surface area contributed by atoms with E-state index in [2.05, 4.69) is 72.3 Å². The zero-order chi connectivity index (χ0) is 19.1. The number of aryl methyl sites for hydroxylation is 1. The number of nitrogens with one attached hydrogen (secondary N) is 2. The zero-order valence-corrected chi connectivity index (χ0v) is 20.9. The summed E-state index contributed by atoms with van der Waals surface area (Å²) in [6.07, 6.45) is 1.03. The van der Waals surface area contributed by atoms with E-state index in [0.29, 0.717) is 18.0 Å². The third kappa shape index (κ3) is 8.25. The van der Waals surface area contributed by atoms with Crippen molar-refractivity contribution >= 4 is 41.3 Å². The van der Waals surface area contributed by atoms with Gasteiger partial charge in [-0.1, -0.05) is 13.8 Å². The highest BCUT2D eigenvalue weighted by Gasteiger charge is 2.25. The lowest BCUT2D eigenvalue weighted by Crippen LogP contribution is -2.55. The maximum atomic E-state index is 4.43. The fourth-order valence-corrected chi connectivity index (χ4v) is 4.54. The number of likely N-dealkylation sites (N-methyl/N-ethyl adjacent to an activating group) is 1. The molecule has 0 radical (unpaired) electrons. The predicted octanol–water partition coefficient (Wildman–Crippen LogP) is 3.04. The van der Waals surface area contributed by atoms with Crippen LogP contribution in [0, 0.1) is 12.8 Å². The Balaban J connectivity index is 0.00000364. The molecule has 27 heavy (non-hydrogen) atoms. The van der Waals surface area contributed by atoms with Gasteiger partial charge in [0.2, 0.25) is 0 Å². The lowest BCUT2D eigenvalue weighted by Gasteiger charge is -2.40. The van der Waals surface area contributed by atoms with Crippen molar-refractivity contribution in [1.82, 2.24) is 20.4 Å². The molecular formula is C20H38IN5S. The minimum Gasteiger partial charge on any atom is -0.355 e. The van der Waals surface area contributed by atoms with Crippen LogP contribution in [0.2, 0.25) is 0 Å². The average Bonchev–Trinajstić information content (AvgIpc) is 2.99. The second-order valence-electron chi connectivity index (χ2n) is 7.87. The first kappa shape index (κ1) is 24.7. The van der Waals surface area contributed by atoms with Crippen molar-refractivity contribution in [2.45, 2.75) is 46.2 Å². The highest BCUT2D eigenvalue weighted by Crippen LogP contribution is 2.17. The summed E-state index contributed by atoms with van der Waals surface area (Å²) in [5.41, 5.74) is 0. The van der Waals surface area contributed by atoms with E-state index in [1.54, 1.807) is 0 Å². The molecule has 0 spiro atoms. The minimum absolute atomic E-state index is 0. The number of rotatable bonds is 7. The van der Waals surface area contributed by atoms with E-state index in [4.69, 9.17) is 0 Å². The summed E-state index contributed by atoms with van der Waals surface area (Å²) in [5.74, 6) is 1.53. The lowest BCUT2D eigenvalue weighted by molar-refractivity contribution is 0.0900. The number of hydrogen-bond donors (Lipinski definition) is 2. The summed E-state index contributed by atoms with van der Waals surface area (Å²) >= 11 is 1.88. The second kappa shape index (κ2) is 12.2. The molecule has 5 nitrogen and oxygen atoms in total. The van der Waals surface area contributed by atoms with Crippen LogP contribution in [0.25, 0.3) is 0 Å². The number of halogens is 1. The smallest absolute Gasteiger partial charge is 0.191 e. The van der Waals surface area contributed by atoms with Crippen molar-refractivity contribution in [1.29, 1.82) is 0 Å². The Morgan fingerprint density at radius 3 is 2.37 bits per heavy atom. The average molecular weight is 508 g/mol. The first-order valence-electron chi connectivity index (χ1n) is 9.84. The summed E-state index contributed by atoms with van der Waals surface area (Å²) in [4.78, 5) is 12.3. The summed E-state index contributed by atoms with van der Waals surface area (Å²) in [5, 5.41) is 7.12. The third-order valence-electron chi connectivity index (χ3n) is 5.17. The van der Waals surface area contributed by atoms with Crippen molar-refractivity contribution in [2.24, 2.45) is 10.9 Å². The predicted molar refractivity (Wildman–Crippen MR) is 130 cm³/mol. The molecule has 156 valence electrons. The van der Waals surface area contributed by atoms with E-state index >= 15 is 0 Å². The Hall–Kier alpha value is -0.380. The molecule has 1 fully saturated rings. The van der Waals surface area contributed by atoms with Gasteiger partial charge in [-0.15, -0.1) is 35.3 Å². The molecule has 2 unspecified atom stereocenters. The number of piperazine rings is 1. The summed E-state index contributed by atoms with van der Waals surface area (Å²) in [6.45, 7) is 14.6. The van der Waals surface area contributed by atoms with Gasteiger partial charge in [-0.2, -0.15) is 0 Å². The van der Waals surface area contributed by atoms with Gasteiger partial charge in [-0.25, -0.2) is 0 Å². The second-order valence-corrected chi connectivity index (χ2v) is 9.24. The van der Waals surface area contributed by atoms with Gasteiger partial charge in [0.25, 0.3) is 0 Å². The number of hydrogen-bond acceptors (Lipinski definition) is 4. The Morgan fingerprint density at radius 1 is 1.19 bits per heavy atom. The van der Waals surface area contributed by atoms with Gasteiger partial charge in [-0.3, -0.25) is 9.89 Å². The standard InChI is InChI=1S/C20H37N5S.HI/c1-15(2)19(25-11-9-24(6)10-12-25)14-22-20(21-5)23-16(3)13-18-8-7-17(4)26-18;/h7-8,15-16,19H,9-14H2,1-6H3,(H2,21,22,23);1H. The summed E-state index contributed by atoms with van der Waals surface area (Å²) in [7, 11) is 4.07. The molecule has 0 aliphatic carbocycles. The third-order valence-corrected chi connectivity index (χ3v) is 6.19. The van der Waals surface area contributed by atoms with Gasteiger partial charge in [0.1, 0.15) is 0 Å². The number of nitrogens with zero attached hydrogens (tertiary/aromatic N) is 3. The van der Waals surface area contributed by atoms with Crippen LogP contribution in [0.15, 0.2) is 17.1 Å². The van der Waals surface area contributed by atoms with Crippen LogP contribution in [0.4, 0.5) is 0 Å². The van der Waals surface area contributed by atoms with Crippen molar-refractivity contribution in [3.05, 3.63) is 21.9 Å². The van der Waals surface area contributed by atoms with Crippen LogP contribution in [0.1, 0.15) is 30.5 Å². The van der Waals surface area contributed by atoms with Gasteiger partial charge in [0.05, 0.1) is 0 Å². The molecule has 1 aliphatic rings. The van der Waals surface area contributed by atoms with Crippen LogP contribution in [-0.2, 0) is 6.42 Å². The minimum atomic E-state index is 0. The molecule has 2 N–H and O–H groups in total. The molecule has 1 aliphatic heterocycles. The fourth-order valence-electron chi connectivity index (χ4n) is 3.52. The molecule has 2 heterocycles. The highest BCUT2D eigenvalue weighted by molar-refractivity contribution is 14.0. The van der Waals surface area contributed by atoms with Crippen molar-refractivity contribution < 1.29 is 0 Å². The molecule has 7 heteroatoms. The van der Waals surface area contributed by atoms with Crippen molar-refractivity contribution in [3.63, 3.8) is 0 Å². The molecule has 1 aromatic heterocycles. The molecule has 0 aromatic carbocycles. The van der Waals surface area contributed by atoms with Gasteiger partial charge in [0.15, 0.2) is 5.96 Å². The molecule has 1 aromatic rings. The highest BCUT2D eigenvalue weighted by atomic mass is 127. The van der Waals surface area contributed by atoms with Gasteiger partial charge < -0.3 is 15.5 Å². The topological polar surface area (TPSA) is 42.9 Å². The Morgan fingerprint density at radius 2 is 1.85 bits per heavy atom. The number of aliphatic imine (C=N–C) groups is 1. The zero-order valence-electron chi connectivity index (χ0n) is 17.8. The Bertz CT molecular complexity index is 566. The molecule has 0 bridgehead atoms. The van der Waals surface area contributed by atoms with E-state index in [0.717, 1.165) is 45.1 Å². The molecular weight excluding hydrogens is 469 g/mol. The quantitative estimate of drug-likeness (QED) is 0.338. The van der Waals surface area contributed by atoms with E-state index in [1.807, 2.05) is 18.4 Å². The summed E-state index contributed by atoms with van der Waals surface area (Å²) in [6, 6.07) is 5.33. The maximum absolute atomic E-state index is 4.43. The lowest BCUT2D eigenvalue weighted by atomic mass is 10.0. The van der Waals surface area contributed by atoms with Crippen LogP contribution in [0.3, 0.4) is 0 Å². The molecule has 0 amide bonds. The van der Waals surface area contributed by atoms with Crippen LogP contribution in [0.5, 0.6) is 0 Å². The largest absolute Gasteiger partial charge is 0.355 e.